The lowest BCUT2D eigenvalue weighted by atomic mass is 10.1. The molecule has 5 aromatic rings. The third kappa shape index (κ3) is 6.63. The molecule has 0 aliphatic rings. The molecular formula is C32H33N5O3S. The SMILES string of the molecule is Cc1cc(CC(=O)Nc2cnn(C(C)(C)C)c2)ccc1Oc1ccnc2ccc([S@](=N)(=O)Cc3ccccc3)cc12. The number of hydrogen-bond acceptors (Lipinski definition) is 6. The van der Waals surface area contributed by atoms with Gasteiger partial charge in [-0.25, -0.2) is 8.99 Å². The molecule has 0 spiro atoms. The molecule has 2 N–H and O–H groups in total. The van der Waals surface area contributed by atoms with Crippen LogP contribution in [0.3, 0.4) is 0 Å². The Morgan fingerprint density at radius 1 is 1.00 bits per heavy atom. The number of aryl methyl sites for hydroxylation is 1. The summed E-state index contributed by atoms with van der Waals surface area (Å²) in [5.74, 6) is 1.18. The van der Waals surface area contributed by atoms with Crippen molar-refractivity contribution in [2.45, 2.75) is 50.3 Å². The van der Waals surface area contributed by atoms with Crippen molar-refractivity contribution in [2.24, 2.45) is 0 Å². The van der Waals surface area contributed by atoms with Crippen molar-refractivity contribution in [3.63, 3.8) is 0 Å². The summed E-state index contributed by atoms with van der Waals surface area (Å²) in [6.45, 7) is 8.07. The molecule has 2 heterocycles. The second-order valence-electron chi connectivity index (χ2n) is 11.1. The van der Waals surface area contributed by atoms with Crippen LogP contribution in [0.2, 0.25) is 0 Å². The second kappa shape index (κ2) is 11.2. The van der Waals surface area contributed by atoms with Gasteiger partial charge in [-0.1, -0.05) is 42.5 Å². The molecule has 9 heteroatoms. The standard InChI is InChI=1S/C32H33N5O3S/c1-22-16-24(17-31(38)36-25-19-35-37(20-25)32(2,3)4)10-13-29(22)40-30-14-15-34-28-12-11-26(18-27(28)30)41(33,39)21-23-8-6-5-7-9-23/h5-16,18-20,33H,17,21H2,1-4H3,(H,36,38)/t41-/m1/s1. The summed E-state index contributed by atoms with van der Waals surface area (Å²) in [5, 5.41) is 7.91. The van der Waals surface area contributed by atoms with E-state index in [-0.39, 0.29) is 23.6 Å². The first-order valence-corrected chi connectivity index (χ1v) is 15.0. The van der Waals surface area contributed by atoms with Crippen LogP contribution in [0.5, 0.6) is 11.5 Å². The molecule has 0 unspecified atom stereocenters. The number of fused-ring (bicyclic) bond motifs is 1. The van der Waals surface area contributed by atoms with Gasteiger partial charge in [0.05, 0.1) is 44.8 Å². The Hall–Kier alpha value is -4.50. The zero-order chi connectivity index (χ0) is 29.2. The van der Waals surface area contributed by atoms with Crippen molar-refractivity contribution in [1.29, 1.82) is 4.78 Å². The van der Waals surface area contributed by atoms with E-state index in [4.69, 9.17) is 9.52 Å². The van der Waals surface area contributed by atoms with E-state index in [1.54, 1.807) is 36.7 Å². The normalized spacial score (nSPS) is 13.1. The molecule has 2 aromatic heterocycles. The second-order valence-corrected chi connectivity index (χ2v) is 13.2. The first-order chi connectivity index (χ1) is 19.5. The zero-order valence-corrected chi connectivity index (χ0v) is 24.4. The maximum absolute atomic E-state index is 13.4. The number of nitrogens with zero attached hydrogens (tertiary/aromatic N) is 3. The number of benzene rings is 3. The number of pyridine rings is 1. The number of anilines is 1. The molecule has 41 heavy (non-hydrogen) atoms. The number of rotatable bonds is 8. The minimum absolute atomic E-state index is 0.128. The maximum Gasteiger partial charge on any atom is 0.228 e. The highest BCUT2D eigenvalue weighted by atomic mass is 32.2. The van der Waals surface area contributed by atoms with Crippen LogP contribution >= 0.6 is 0 Å². The predicted molar refractivity (Wildman–Crippen MR) is 162 cm³/mol. The van der Waals surface area contributed by atoms with Gasteiger partial charge in [0.1, 0.15) is 11.5 Å². The van der Waals surface area contributed by atoms with Crippen molar-refractivity contribution in [2.75, 3.05) is 5.32 Å². The van der Waals surface area contributed by atoms with Crippen molar-refractivity contribution < 1.29 is 13.7 Å². The predicted octanol–water partition coefficient (Wildman–Crippen LogP) is 7.07. The molecule has 5 rings (SSSR count). The summed E-state index contributed by atoms with van der Waals surface area (Å²) < 4.78 is 30.1. The Kier molecular flexibility index (Phi) is 7.64. The molecule has 0 fully saturated rings. The van der Waals surface area contributed by atoms with Crippen molar-refractivity contribution in [3.8, 4) is 11.5 Å². The van der Waals surface area contributed by atoms with Gasteiger partial charge in [-0.3, -0.25) is 14.5 Å². The summed E-state index contributed by atoms with van der Waals surface area (Å²) in [6, 6.07) is 22.0. The van der Waals surface area contributed by atoms with Gasteiger partial charge >= 0.3 is 0 Å². The number of amides is 1. The fraction of sp³-hybridized carbons (Fsp3) is 0.219. The Morgan fingerprint density at radius 3 is 2.49 bits per heavy atom. The third-order valence-electron chi connectivity index (χ3n) is 6.64. The summed E-state index contributed by atoms with van der Waals surface area (Å²) >= 11 is 0. The van der Waals surface area contributed by atoms with Crippen LogP contribution in [0.25, 0.3) is 10.9 Å². The number of aromatic nitrogens is 3. The van der Waals surface area contributed by atoms with Crippen LogP contribution in [0.4, 0.5) is 5.69 Å². The van der Waals surface area contributed by atoms with E-state index in [2.05, 4.69) is 15.4 Å². The number of nitrogens with one attached hydrogen (secondary N) is 2. The molecule has 0 bridgehead atoms. The molecule has 3 aromatic carbocycles. The number of carbonyl (C=O) groups is 1. The monoisotopic (exact) mass is 567 g/mol. The Balaban J connectivity index is 1.32. The molecule has 0 saturated heterocycles. The number of ether oxygens (including phenoxy) is 1. The summed E-state index contributed by atoms with van der Waals surface area (Å²) in [6.07, 6.45) is 5.35. The van der Waals surface area contributed by atoms with Gasteiger partial charge < -0.3 is 10.1 Å². The minimum atomic E-state index is -3.07. The summed E-state index contributed by atoms with van der Waals surface area (Å²) in [7, 11) is -3.07. The van der Waals surface area contributed by atoms with E-state index in [1.165, 1.54) is 0 Å². The van der Waals surface area contributed by atoms with Crippen molar-refractivity contribution in [3.05, 3.63) is 108 Å². The Morgan fingerprint density at radius 2 is 1.78 bits per heavy atom. The third-order valence-corrected chi connectivity index (χ3v) is 8.40. The molecule has 1 atom stereocenters. The Labute approximate surface area is 240 Å². The topological polar surface area (TPSA) is 110 Å². The maximum atomic E-state index is 13.4. The average molecular weight is 568 g/mol. The molecule has 0 radical (unpaired) electrons. The molecular weight excluding hydrogens is 534 g/mol. The van der Waals surface area contributed by atoms with Crippen LogP contribution in [-0.2, 0) is 32.2 Å². The summed E-state index contributed by atoms with van der Waals surface area (Å²) in [4.78, 5) is 17.5. The van der Waals surface area contributed by atoms with E-state index >= 15 is 0 Å². The van der Waals surface area contributed by atoms with Crippen molar-refractivity contribution in [1.82, 2.24) is 14.8 Å². The molecule has 0 saturated carbocycles. The van der Waals surface area contributed by atoms with Gasteiger partial charge in [-0.2, -0.15) is 5.10 Å². The van der Waals surface area contributed by atoms with E-state index in [1.807, 2.05) is 87.1 Å². The van der Waals surface area contributed by atoms with E-state index < -0.39 is 9.73 Å². The lowest BCUT2D eigenvalue weighted by Gasteiger charge is -2.18. The number of carbonyl (C=O) groups excluding carboxylic acids is 1. The lowest BCUT2D eigenvalue weighted by Crippen LogP contribution is -2.22. The molecule has 8 nitrogen and oxygen atoms in total. The van der Waals surface area contributed by atoms with Gasteiger partial charge in [0.15, 0.2) is 0 Å². The highest BCUT2D eigenvalue weighted by Crippen LogP contribution is 2.33. The van der Waals surface area contributed by atoms with Crippen molar-refractivity contribution >= 4 is 32.2 Å². The highest BCUT2D eigenvalue weighted by molar-refractivity contribution is 7.91. The smallest absolute Gasteiger partial charge is 0.228 e. The molecule has 210 valence electrons. The van der Waals surface area contributed by atoms with Gasteiger partial charge in [-0.05, 0) is 74.7 Å². The quantitative estimate of drug-likeness (QED) is 0.208. The average Bonchev–Trinajstić information content (AvgIpc) is 3.39. The van der Waals surface area contributed by atoms with Gasteiger partial charge in [0.2, 0.25) is 5.91 Å². The lowest BCUT2D eigenvalue weighted by molar-refractivity contribution is -0.115. The summed E-state index contributed by atoms with van der Waals surface area (Å²) in [5.41, 5.74) is 3.74. The molecule has 0 aliphatic carbocycles. The van der Waals surface area contributed by atoms with Gasteiger partial charge in [0.25, 0.3) is 0 Å². The molecule has 1 amide bonds. The van der Waals surface area contributed by atoms with Crippen LogP contribution in [0.1, 0.15) is 37.5 Å². The number of hydrogen-bond donors (Lipinski definition) is 2. The van der Waals surface area contributed by atoms with E-state index in [0.29, 0.717) is 33.0 Å². The van der Waals surface area contributed by atoms with E-state index in [9.17, 15) is 9.00 Å². The highest BCUT2D eigenvalue weighted by Gasteiger charge is 2.17. The zero-order valence-electron chi connectivity index (χ0n) is 23.5. The first-order valence-electron chi connectivity index (χ1n) is 13.3. The van der Waals surface area contributed by atoms with Crippen LogP contribution < -0.4 is 10.1 Å². The fourth-order valence-electron chi connectivity index (χ4n) is 4.49. The van der Waals surface area contributed by atoms with E-state index in [0.717, 1.165) is 16.7 Å². The minimum Gasteiger partial charge on any atom is -0.456 e. The fourth-order valence-corrected chi connectivity index (χ4v) is 5.91. The van der Waals surface area contributed by atoms with Crippen LogP contribution in [0, 0.1) is 11.7 Å². The van der Waals surface area contributed by atoms with Gasteiger partial charge in [0, 0.05) is 22.7 Å². The first kappa shape index (κ1) is 28.0. The largest absolute Gasteiger partial charge is 0.456 e. The Bertz CT molecular complexity index is 1820. The van der Waals surface area contributed by atoms with Crippen LogP contribution in [-0.4, -0.2) is 24.9 Å². The van der Waals surface area contributed by atoms with Crippen LogP contribution in [0.15, 0.2) is 96.3 Å². The molecule has 0 aliphatic heterocycles. The van der Waals surface area contributed by atoms with Gasteiger partial charge in [-0.15, -0.1) is 0 Å².